The smallest absolute Gasteiger partial charge is 0.243 e. The molecular weight excluding hydrogens is 332 g/mol. The Balaban J connectivity index is 1.45. The number of nitrogens with zero attached hydrogens (tertiary/aromatic N) is 5. The van der Waals surface area contributed by atoms with Crippen LogP contribution in [0.4, 0.5) is 0 Å². The second-order valence-electron chi connectivity index (χ2n) is 6.96. The summed E-state index contributed by atoms with van der Waals surface area (Å²) in [5.74, 6) is 0.991. The van der Waals surface area contributed by atoms with E-state index in [0.29, 0.717) is 24.9 Å². The standard InChI is InChI=1S/C18H26N6O2/c1-14(2)11-23-8-9-26-16(12-23)10-19-17(25)13-24-21-18(20-22-24)15-6-4-3-5-7-15/h3-7,14,16H,8-13H2,1-2H3,(H,19,25). The van der Waals surface area contributed by atoms with Gasteiger partial charge < -0.3 is 10.1 Å². The predicted octanol–water partition coefficient (Wildman–Crippen LogP) is 0.813. The lowest BCUT2D eigenvalue weighted by Crippen LogP contribution is -2.48. The number of rotatable bonds is 7. The highest BCUT2D eigenvalue weighted by Gasteiger charge is 2.21. The van der Waals surface area contributed by atoms with Crippen LogP contribution in [0.25, 0.3) is 11.4 Å². The van der Waals surface area contributed by atoms with Gasteiger partial charge in [0, 0.05) is 31.7 Å². The van der Waals surface area contributed by atoms with E-state index in [1.54, 1.807) is 0 Å². The van der Waals surface area contributed by atoms with Crippen LogP contribution in [0.5, 0.6) is 0 Å². The summed E-state index contributed by atoms with van der Waals surface area (Å²) in [6, 6.07) is 9.57. The zero-order valence-electron chi connectivity index (χ0n) is 15.3. The minimum absolute atomic E-state index is 0.0232. The highest BCUT2D eigenvalue weighted by atomic mass is 16.5. The Labute approximate surface area is 153 Å². The molecule has 1 fully saturated rings. The summed E-state index contributed by atoms with van der Waals surface area (Å²) in [7, 11) is 0. The summed E-state index contributed by atoms with van der Waals surface area (Å²) in [6.07, 6.45) is 0.0232. The molecule has 1 aromatic heterocycles. The third kappa shape index (κ3) is 5.34. The van der Waals surface area contributed by atoms with Crippen molar-refractivity contribution in [1.82, 2.24) is 30.4 Å². The minimum Gasteiger partial charge on any atom is -0.374 e. The number of aromatic nitrogens is 4. The van der Waals surface area contributed by atoms with Crippen LogP contribution < -0.4 is 5.32 Å². The predicted molar refractivity (Wildman–Crippen MR) is 97.3 cm³/mol. The largest absolute Gasteiger partial charge is 0.374 e. The molecule has 1 aliphatic heterocycles. The number of benzene rings is 1. The third-order valence-electron chi connectivity index (χ3n) is 4.14. The Morgan fingerprint density at radius 1 is 1.35 bits per heavy atom. The van der Waals surface area contributed by atoms with Crippen molar-refractivity contribution in [2.45, 2.75) is 26.5 Å². The topological polar surface area (TPSA) is 85.2 Å². The van der Waals surface area contributed by atoms with Gasteiger partial charge in [-0.05, 0) is 11.1 Å². The monoisotopic (exact) mass is 358 g/mol. The summed E-state index contributed by atoms with van der Waals surface area (Å²) in [6.45, 7) is 8.52. The number of hydrogen-bond acceptors (Lipinski definition) is 6. The van der Waals surface area contributed by atoms with E-state index in [2.05, 4.69) is 39.5 Å². The van der Waals surface area contributed by atoms with Crippen molar-refractivity contribution in [3.05, 3.63) is 30.3 Å². The van der Waals surface area contributed by atoms with E-state index in [9.17, 15) is 4.79 Å². The quantitative estimate of drug-likeness (QED) is 0.788. The highest BCUT2D eigenvalue weighted by molar-refractivity contribution is 5.75. The van der Waals surface area contributed by atoms with E-state index in [1.165, 1.54) is 4.80 Å². The van der Waals surface area contributed by atoms with Crippen molar-refractivity contribution in [2.75, 3.05) is 32.8 Å². The first kappa shape index (κ1) is 18.5. The van der Waals surface area contributed by atoms with E-state index in [0.717, 1.165) is 25.2 Å². The van der Waals surface area contributed by atoms with Gasteiger partial charge >= 0.3 is 0 Å². The lowest BCUT2D eigenvalue weighted by molar-refractivity contribution is -0.123. The van der Waals surface area contributed by atoms with Crippen molar-refractivity contribution in [2.24, 2.45) is 5.92 Å². The Morgan fingerprint density at radius 3 is 2.92 bits per heavy atom. The van der Waals surface area contributed by atoms with Gasteiger partial charge in [0.25, 0.3) is 0 Å². The SMILES string of the molecule is CC(C)CN1CCOC(CNC(=O)Cn2nnc(-c3ccccc3)n2)C1. The van der Waals surface area contributed by atoms with Gasteiger partial charge in [-0.1, -0.05) is 44.2 Å². The normalized spacial score (nSPS) is 18.2. The highest BCUT2D eigenvalue weighted by Crippen LogP contribution is 2.11. The molecule has 0 spiro atoms. The van der Waals surface area contributed by atoms with Crippen molar-refractivity contribution >= 4 is 5.91 Å². The number of hydrogen-bond donors (Lipinski definition) is 1. The van der Waals surface area contributed by atoms with Crippen LogP contribution in [0, 0.1) is 5.92 Å². The lowest BCUT2D eigenvalue weighted by Gasteiger charge is -2.33. The summed E-state index contributed by atoms with van der Waals surface area (Å²) in [5.41, 5.74) is 0.875. The van der Waals surface area contributed by atoms with E-state index in [4.69, 9.17) is 4.74 Å². The molecule has 3 rings (SSSR count). The van der Waals surface area contributed by atoms with Crippen LogP contribution in [0.3, 0.4) is 0 Å². The number of morpholine rings is 1. The van der Waals surface area contributed by atoms with E-state index < -0.39 is 0 Å². The first-order valence-electron chi connectivity index (χ1n) is 9.04. The first-order valence-corrected chi connectivity index (χ1v) is 9.04. The zero-order valence-corrected chi connectivity index (χ0v) is 15.3. The second-order valence-corrected chi connectivity index (χ2v) is 6.96. The zero-order chi connectivity index (χ0) is 18.4. The summed E-state index contributed by atoms with van der Waals surface area (Å²) < 4.78 is 5.75. The molecule has 140 valence electrons. The number of tetrazole rings is 1. The van der Waals surface area contributed by atoms with Gasteiger partial charge in [-0.15, -0.1) is 10.2 Å². The minimum atomic E-state index is -0.147. The molecule has 8 heteroatoms. The van der Waals surface area contributed by atoms with Gasteiger partial charge in [-0.25, -0.2) is 0 Å². The molecule has 1 amide bonds. The van der Waals surface area contributed by atoms with E-state index >= 15 is 0 Å². The Kier molecular flexibility index (Phi) is 6.30. The molecule has 1 unspecified atom stereocenters. The number of amides is 1. The van der Waals surface area contributed by atoms with E-state index in [-0.39, 0.29) is 18.6 Å². The molecule has 1 aliphatic rings. The molecule has 2 heterocycles. The van der Waals surface area contributed by atoms with Crippen molar-refractivity contribution < 1.29 is 9.53 Å². The van der Waals surface area contributed by atoms with Crippen molar-refractivity contribution in [3.63, 3.8) is 0 Å². The summed E-state index contributed by atoms with van der Waals surface area (Å²) >= 11 is 0. The van der Waals surface area contributed by atoms with Crippen LogP contribution >= 0.6 is 0 Å². The van der Waals surface area contributed by atoms with Gasteiger partial charge in [-0.3, -0.25) is 9.69 Å². The van der Waals surface area contributed by atoms with Crippen LogP contribution in [-0.4, -0.2) is 69.9 Å². The Bertz CT molecular complexity index is 703. The molecule has 2 aromatic rings. The van der Waals surface area contributed by atoms with Crippen molar-refractivity contribution in [1.29, 1.82) is 0 Å². The summed E-state index contributed by atoms with van der Waals surface area (Å²) in [5, 5.41) is 15.1. The molecule has 26 heavy (non-hydrogen) atoms. The van der Waals surface area contributed by atoms with Gasteiger partial charge in [-0.2, -0.15) is 4.80 Å². The van der Waals surface area contributed by atoms with Crippen LogP contribution in [0.15, 0.2) is 30.3 Å². The number of carbonyl (C=O) groups excluding carboxylic acids is 1. The maximum absolute atomic E-state index is 12.2. The number of carbonyl (C=O) groups is 1. The van der Waals surface area contributed by atoms with Gasteiger partial charge in [0.1, 0.15) is 6.54 Å². The Morgan fingerprint density at radius 2 is 2.15 bits per heavy atom. The first-order chi connectivity index (χ1) is 12.6. The third-order valence-corrected chi connectivity index (χ3v) is 4.14. The fourth-order valence-electron chi connectivity index (χ4n) is 3.01. The maximum atomic E-state index is 12.2. The molecule has 1 saturated heterocycles. The van der Waals surface area contributed by atoms with Crippen LogP contribution in [-0.2, 0) is 16.1 Å². The molecule has 0 aliphatic carbocycles. The van der Waals surface area contributed by atoms with Crippen LogP contribution in [0.2, 0.25) is 0 Å². The number of ether oxygens (including phenoxy) is 1. The van der Waals surface area contributed by atoms with Gasteiger partial charge in [0.05, 0.1) is 12.7 Å². The number of nitrogens with one attached hydrogen (secondary N) is 1. The average Bonchev–Trinajstić information content (AvgIpc) is 3.09. The lowest BCUT2D eigenvalue weighted by atomic mass is 10.2. The Hall–Kier alpha value is -2.32. The summed E-state index contributed by atoms with van der Waals surface area (Å²) in [4.78, 5) is 15.8. The fraction of sp³-hybridized carbons (Fsp3) is 0.556. The molecule has 1 aromatic carbocycles. The molecule has 8 nitrogen and oxygen atoms in total. The molecule has 1 N–H and O–H groups in total. The van der Waals surface area contributed by atoms with Crippen molar-refractivity contribution in [3.8, 4) is 11.4 Å². The molecule has 0 radical (unpaired) electrons. The molecule has 0 saturated carbocycles. The maximum Gasteiger partial charge on any atom is 0.243 e. The fourth-order valence-corrected chi connectivity index (χ4v) is 3.01. The van der Waals surface area contributed by atoms with Gasteiger partial charge in [0.2, 0.25) is 11.7 Å². The van der Waals surface area contributed by atoms with Gasteiger partial charge in [0.15, 0.2) is 0 Å². The second kappa shape index (κ2) is 8.86. The average molecular weight is 358 g/mol. The molecular formula is C18H26N6O2. The molecule has 1 atom stereocenters. The van der Waals surface area contributed by atoms with Crippen LogP contribution in [0.1, 0.15) is 13.8 Å². The molecule has 0 bridgehead atoms. The van der Waals surface area contributed by atoms with E-state index in [1.807, 2.05) is 30.3 Å².